The second-order valence-electron chi connectivity index (χ2n) is 19.2. The number of fused-ring (bicyclic) bond motifs is 12. The predicted molar refractivity (Wildman–Crippen MR) is 300 cm³/mol. The van der Waals surface area contributed by atoms with Gasteiger partial charge in [-0.15, -0.1) is 0 Å². The molecule has 1 aliphatic carbocycles. The summed E-state index contributed by atoms with van der Waals surface area (Å²) in [5.74, 6) is 0. The first-order valence-electron chi connectivity index (χ1n) is 24.8. The van der Waals surface area contributed by atoms with Gasteiger partial charge in [-0.05, 0) is 125 Å². The van der Waals surface area contributed by atoms with Crippen molar-refractivity contribution in [3.8, 4) is 39.3 Å². The zero-order valence-electron chi connectivity index (χ0n) is 39.0. The summed E-state index contributed by atoms with van der Waals surface area (Å²) in [6.07, 6.45) is 6.78. The Morgan fingerprint density at radius 2 is 0.915 bits per heavy atom. The largest absolute Gasteiger partial charge is 0.376 e. The Labute approximate surface area is 412 Å². The van der Waals surface area contributed by atoms with Crippen molar-refractivity contribution in [2.75, 3.05) is 4.81 Å². The Morgan fingerprint density at radius 3 is 1.68 bits per heavy atom. The number of allylic oxidation sites excluding steroid dienone is 1. The minimum absolute atomic E-state index is 0.0774. The molecule has 332 valence electrons. The molecular formula is C66H45BN4. The highest BCUT2D eigenvalue weighted by Gasteiger charge is 2.37. The molecule has 0 atom stereocenters. The van der Waals surface area contributed by atoms with Gasteiger partial charge in [0.1, 0.15) is 0 Å². The van der Waals surface area contributed by atoms with Crippen LogP contribution in [0.2, 0.25) is 0 Å². The van der Waals surface area contributed by atoms with Crippen molar-refractivity contribution in [3.63, 3.8) is 0 Å². The van der Waals surface area contributed by atoms with E-state index >= 15 is 0 Å². The SMILES string of the molecule is C1=Cc2c(c3ccccc3n2-c2ccc3c(c2)c2ccccc2n3-c2cc(-c3cccc(-n4c5ccccc5c5ccccc54)c3)cc(N3B(c4ccccc4)c4ccccc4-c4ccccc43)c2)CC1. The maximum atomic E-state index is 2.59. The van der Waals surface area contributed by atoms with Crippen LogP contribution in [0.25, 0.3) is 99.9 Å². The van der Waals surface area contributed by atoms with E-state index in [-0.39, 0.29) is 6.85 Å². The third-order valence-corrected chi connectivity index (χ3v) is 15.3. The van der Waals surface area contributed by atoms with Crippen LogP contribution >= 0.6 is 0 Å². The first-order chi connectivity index (χ1) is 35.2. The molecule has 0 unspecified atom stereocenters. The molecule has 71 heavy (non-hydrogen) atoms. The van der Waals surface area contributed by atoms with Crippen LogP contribution in [0.15, 0.2) is 243 Å². The summed E-state index contributed by atoms with van der Waals surface area (Å²) in [7, 11) is 0. The molecule has 0 fully saturated rings. The molecule has 2 aliphatic rings. The maximum Gasteiger partial charge on any atom is 0.328 e. The number of hydrogen-bond acceptors (Lipinski definition) is 1. The molecule has 4 nitrogen and oxygen atoms in total. The van der Waals surface area contributed by atoms with Gasteiger partial charge in [0.2, 0.25) is 0 Å². The summed E-state index contributed by atoms with van der Waals surface area (Å²) in [6.45, 7) is -0.0774. The van der Waals surface area contributed by atoms with Gasteiger partial charge in [-0.25, -0.2) is 0 Å². The number of nitrogens with zero attached hydrogens (tertiary/aromatic N) is 4. The van der Waals surface area contributed by atoms with Crippen molar-refractivity contribution in [3.05, 3.63) is 254 Å². The zero-order chi connectivity index (χ0) is 46.6. The van der Waals surface area contributed by atoms with Crippen LogP contribution in [0, 0.1) is 0 Å². The van der Waals surface area contributed by atoms with Crippen molar-refractivity contribution in [2.24, 2.45) is 0 Å². The first-order valence-corrected chi connectivity index (χ1v) is 24.8. The van der Waals surface area contributed by atoms with Gasteiger partial charge in [-0.2, -0.15) is 0 Å². The lowest BCUT2D eigenvalue weighted by atomic mass is 9.46. The number of hydrogen-bond donors (Lipinski definition) is 0. The summed E-state index contributed by atoms with van der Waals surface area (Å²) in [5, 5.41) is 6.31. The van der Waals surface area contributed by atoms with E-state index in [0.717, 1.165) is 41.0 Å². The molecule has 0 amide bonds. The molecule has 13 aromatic rings. The van der Waals surface area contributed by atoms with Gasteiger partial charge in [0, 0.05) is 66.6 Å². The molecule has 4 heterocycles. The minimum Gasteiger partial charge on any atom is -0.376 e. The number of anilines is 2. The standard InChI is InChI=1S/C66H45BN4/c1-2-20-46(21-3-1)67-59-30-11-4-23-51(59)52-24-10-17-36-66(52)71(67)50-41-45(44-19-18-22-47(39-44)68-60-31-12-5-25-53(60)54-26-6-13-32-61(54)68)40-49(42-50)70-64-35-16-9-29-57(64)58-43-48(37-38-65(58)70)69-62-33-14-7-27-55(62)56-28-8-15-34-63(56)69/h1-7,9-27,29-43H,8,28H2. The molecule has 5 heteroatoms. The molecule has 0 N–H and O–H groups in total. The topological polar surface area (TPSA) is 18.0 Å². The number of aryl methyl sites for hydroxylation is 1. The molecule has 0 saturated carbocycles. The fourth-order valence-electron chi connectivity index (χ4n) is 12.3. The molecule has 0 bridgehead atoms. The van der Waals surface area contributed by atoms with Crippen molar-refractivity contribution < 1.29 is 0 Å². The highest BCUT2D eigenvalue weighted by molar-refractivity contribution is 6.90. The summed E-state index contributed by atoms with van der Waals surface area (Å²) in [4.78, 5) is 2.59. The average Bonchev–Trinajstić information content (AvgIpc) is 4.08. The van der Waals surface area contributed by atoms with E-state index in [1.807, 2.05) is 0 Å². The Morgan fingerprint density at radius 1 is 0.352 bits per heavy atom. The Bertz CT molecular complexity index is 4270. The molecule has 1 aliphatic heterocycles. The third kappa shape index (κ3) is 6.06. The van der Waals surface area contributed by atoms with E-state index < -0.39 is 0 Å². The van der Waals surface area contributed by atoms with Crippen LogP contribution in [0.5, 0.6) is 0 Å². The van der Waals surface area contributed by atoms with Crippen LogP contribution in [0.3, 0.4) is 0 Å². The summed E-state index contributed by atoms with van der Waals surface area (Å²) in [5.41, 5.74) is 21.8. The van der Waals surface area contributed by atoms with Crippen molar-refractivity contribution in [1.29, 1.82) is 0 Å². The average molecular weight is 905 g/mol. The number of rotatable bonds is 6. The predicted octanol–water partition coefficient (Wildman–Crippen LogP) is 15.4. The lowest BCUT2D eigenvalue weighted by molar-refractivity contribution is 0.968. The van der Waals surface area contributed by atoms with Gasteiger partial charge >= 0.3 is 6.85 Å². The van der Waals surface area contributed by atoms with E-state index in [9.17, 15) is 0 Å². The third-order valence-electron chi connectivity index (χ3n) is 15.3. The Balaban J connectivity index is 0.995. The normalized spacial score (nSPS) is 13.1. The van der Waals surface area contributed by atoms with Crippen LogP contribution in [0.4, 0.5) is 11.4 Å². The van der Waals surface area contributed by atoms with Crippen LogP contribution in [-0.4, -0.2) is 20.5 Å². The van der Waals surface area contributed by atoms with E-state index in [0.29, 0.717) is 0 Å². The highest BCUT2D eigenvalue weighted by Crippen LogP contribution is 2.44. The highest BCUT2D eigenvalue weighted by atomic mass is 15.1. The van der Waals surface area contributed by atoms with Crippen LogP contribution in [0.1, 0.15) is 17.7 Å². The zero-order valence-corrected chi connectivity index (χ0v) is 39.0. The molecule has 0 spiro atoms. The van der Waals surface area contributed by atoms with Crippen LogP contribution < -0.4 is 15.7 Å². The maximum absolute atomic E-state index is 2.59. The van der Waals surface area contributed by atoms with Gasteiger partial charge in [0.25, 0.3) is 0 Å². The minimum atomic E-state index is -0.0774. The first kappa shape index (κ1) is 39.9. The monoisotopic (exact) mass is 904 g/mol. The molecular weight excluding hydrogens is 860 g/mol. The van der Waals surface area contributed by atoms with E-state index in [4.69, 9.17) is 0 Å². The molecule has 0 saturated heterocycles. The molecule has 3 aromatic heterocycles. The summed E-state index contributed by atoms with van der Waals surface area (Å²) < 4.78 is 7.40. The fourth-order valence-corrected chi connectivity index (χ4v) is 12.3. The summed E-state index contributed by atoms with van der Waals surface area (Å²) >= 11 is 0. The second-order valence-corrected chi connectivity index (χ2v) is 19.2. The van der Waals surface area contributed by atoms with Gasteiger partial charge in [0.15, 0.2) is 0 Å². The van der Waals surface area contributed by atoms with Gasteiger partial charge in [-0.1, -0.05) is 169 Å². The van der Waals surface area contributed by atoms with E-state index in [1.165, 1.54) is 99.2 Å². The van der Waals surface area contributed by atoms with E-state index in [2.05, 4.69) is 267 Å². The second kappa shape index (κ2) is 15.7. The quantitative estimate of drug-likeness (QED) is 0.152. The van der Waals surface area contributed by atoms with E-state index in [1.54, 1.807) is 0 Å². The molecule has 10 aromatic carbocycles. The van der Waals surface area contributed by atoms with Gasteiger partial charge in [-0.3, -0.25) is 0 Å². The summed E-state index contributed by atoms with van der Waals surface area (Å²) in [6, 6.07) is 87.9. The van der Waals surface area contributed by atoms with Crippen molar-refractivity contribution in [1.82, 2.24) is 13.7 Å². The van der Waals surface area contributed by atoms with Gasteiger partial charge in [0.05, 0.1) is 27.6 Å². The lowest BCUT2D eigenvalue weighted by Gasteiger charge is -2.39. The molecule has 15 rings (SSSR count). The number of benzene rings is 10. The van der Waals surface area contributed by atoms with Gasteiger partial charge < -0.3 is 18.5 Å². The Hall–Kier alpha value is -9.06. The molecule has 0 radical (unpaired) electrons. The van der Waals surface area contributed by atoms with Crippen LogP contribution in [-0.2, 0) is 6.42 Å². The number of aromatic nitrogens is 3. The smallest absolute Gasteiger partial charge is 0.328 e. The van der Waals surface area contributed by atoms with Crippen molar-refractivity contribution >= 4 is 89.7 Å². The van der Waals surface area contributed by atoms with Crippen molar-refractivity contribution in [2.45, 2.75) is 12.8 Å². The Kier molecular flexibility index (Phi) is 8.85. The number of para-hydroxylation sites is 5. The lowest BCUT2D eigenvalue weighted by Crippen LogP contribution is -2.57. The fraction of sp³-hybridized carbons (Fsp3) is 0.0303.